The third-order valence-electron chi connectivity index (χ3n) is 4.49. The van der Waals surface area contributed by atoms with Crippen molar-refractivity contribution in [1.82, 2.24) is 15.2 Å². The molecule has 0 spiro atoms. The molecular weight excluding hydrogens is 334 g/mol. The van der Waals surface area contributed by atoms with E-state index in [1.54, 1.807) is 47.5 Å². The number of hydrogen-bond donors (Lipinski definition) is 3. The number of aliphatic hydroxyl groups is 2. The van der Waals surface area contributed by atoms with Gasteiger partial charge in [0.25, 0.3) is 11.8 Å². The average molecular weight is 355 g/mol. The Morgan fingerprint density at radius 2 is 1.96 bits per heavy atom. The lowest BCUT2D eigenvalue weighted by Gasteiger charge is -2.36. The molecule has 7 heteroatoms. The minimum atomic E-state index is -0.843. The molecule has 1 saturated heterocycles. The van der Waals surface area contributed by atoms with Gasteiger partial charge >= 0.3 is 0 Å². The first-order valence-electron chi connectivity index (χ1n) is 8.46. The maximum absolute atomic E-state index is 12.6. The molecule has 2 aromatic rings. The summed E-state index contributed by atoms with van der Waals surface area (Å²) < 4.78 is 0. The number of benzene rings is 1. The molecule has 3 N–H and O–H groups in total. The number of hydrogen-bond acceptors (Lipinski definition) is 5. The first kappa shape index (κ1) is 18.0. The summed E-state index contributed by atoms with van der Waals surface area (Å²) in [6, 6.07) is 9.64. The molecule has 0 unspecified atom stereocenters. The highest BCUT2D eigenvalue weighted by Gasteiger charge is 2.31. The molecule has 0 saturated carbocycles. The van der Waals surface area contributed by atoms with Gasteiger partial charge in [-0.15, -0.1) is 0 Å². The van der Waals surface area contributed by atoms with E-state index in [1.165, 1.54) is 6.20 Å². The number of likely N-dealkylation sites (tertiary alicyclic amines) is 1. The summed E-state index contributed by atoms with van der Waals surface area (Å²) in [4.78, 5) is 30.2. The van der Waals surface area contributed by atoms with Crippen molar-refractivity contribution in [3.05, 3.63) is 65.5 Å². The monoisotopic (exact) mass is 355 g/mol. The number of nitrogens with one attached hydrogen (secondary N) is 1. The van der Waals surface area contributed by atoms with Crippen LogP contribution >= 0.6 is 0 Å². The van der Waals surface area contributed by atoms with E-state index in [4.69, 9.17) is 5.11 Å². The van der Waals surface area contributed by atoms with Crippen LogP contribution in [0, 0.1) is 0 Å². The van der Waals surface area contributed by atoms with Crippen LogP contribution in [0.1, 0.15) is 32.7 Å². The highest BCUT2D eigenvalue weighted by atomic mass is 16.3. The van der Waals surface area contributed by atoms with Crippen molar-refractivity contribution in [1.29, 1.82) is 0 Å². The van der Waals surface area contributed by atoms with Crippen LogP contribution in [-0.2, 0) is 6.61 Å². The molecule has 136 valence electrons. The normalized spacial score (nSPS) is 19.8. The van der Waals surface area contributed by atoms with E-state index in [9.17, 15) is 14.7 Å². The molecule has 1 aromatic carbocycles. The van der Waals surface area contributed by atoms with Crippen LogP contribution in [-0.4, -0.2) is 57.1 Å². The van der Waals surface area contributed by atoms with E-state index in [0.717, 1.165) is 5.56 Å². The van der Waals surface area contributed by atoms with Crippen molar-refractivity contribution >= 4 is 11.8 Å². The van der Waals surface area contributed by atoms with E-state index in [-0.39, 0.29) is 25.0 Å². The lowest BCUT2D eigenvalue weighted by atomic mass is 10.00. The predicted octanol–water partition coefficient (Wildman–Crippen LogP) is 0.579. The third-order valence-corrected chi connectivity index (χ3v) is 4.49. The van der Waals surface area contributed by atoms with E-state index in [2.05, 4.69) is 10.3 Å². The number of β-amino-alcohol motifs (C(OH)–C–C–N with tert-alkyl or cyclic N) is 1. The maximum Gasteiger partial charge on any atom is 0.253 e. The van der Waals surface area contributed by atoms with Crippen LogP contribution < -0.4 is 5.32 Å². The zero-order chi connectivity index (χ0) is 18.5. The van der Waals surface area contributed by atoms with Gasteiger partial charge in [0.15, 0.2) is 0 Å². The Hall–Kier alpha value is -2.77. The lowest BCUT2D eigenvalue weighted by Crippen LogP contribution is -2.55. The molecule has 3 rings (SSSR count). The summed E-state index contributed by atoms with van der Waals surface area (Å²) in [7, 11) is 0. The summed E-state index contributed by atoms with van der Waals surface area (Å²) >= 11 is 0. The second-order valence-electron chi connectivity index (χ2n) is 6.28. The zero-order valence-electron chi connectivity index (χ0n) is 14.2. The topological polar surface area (TPSA) is 103 Å². The Bertz CT molecular complexity index is 764. The highest BCUT2D eigenvalue weighted by molar-refractivity contribution is 5.95. The molecule has 1 aromatic heterocycles. The number of amides is 2. The first-order valence-corrected chi connectivity index (χ1v) is 8.46. The fraction of sp³-hybridized carbons (Fsp3) is 0.316. The van der Waals surface area contributed by atoms with Crippen LogP contribution in [0.25, 0.3) is 0 Å². The summed E-state index contributed by atoms with van der Waals surface area (Å²) in [5.41, 5.74) is 1.67. The molecule has 7 nitrogen and oxygen atoms in total. The number of pyridine rings is 1. The zero-order valence-corrected chi connectivity index (χ0v) is 14.2. The van der Waals surface area contributed by atoms with Crippen molar-refractivity contribution < 1.29 is 19.8 Å². The van der Waals surface area contributed by atoms with Gasteiger partial charge in [-0.05, 0) is 36.2 Å². The fourth-order valence-corrected chi connectivity index (χ4v) is 2.97. The van der Waals surface area contributed by atoms with E-state index < -0.39 is 12.1 Å². The Labute approximate surface area is 151 Å². The Balaban J connectivity index is 1.59. The van der Waals surface area contributed by atoms with Crippen LogP contribution in [0.3, 0.4) is 0 Å². The van der Waals surface area contributed by atoms with E-state index in [1.807, 2.05) is 0 Å². The van der Waals surface area contributed by atoms with Gasteiger partial charge in [-0.1, -0.05) is 12.1 Å². The van der Waals surface area contributed by atoms with E-state index in [0.29, 0.717) is 24.1 Å². The van der Waals surface area contributed by atoms with Crippen LogP contribution in [0.2, 0.25) is 0 Å². The Morgan fingerprint density at radius 1 is 1.19 bits per heavy atom. The summed E-state index contributed by atoms with van der Waals surface area (Å²) in [5.74, 6) is -0.466. The van der Waals surface area contributed by atoms with Crippen LogP contribution in [0.5, 0.6) is 0 Å². The molecule has 1 aliphatic rings. The van der Waals surface area contributed by atoms with Crippen LogP contribution in [0.15, 0.2) is 48.8 Å². The van der Waals surface area contributed by atoms with Crippen LogP contribution in [0.4, 0.5) is 0 Å². The fourth-order valence-electron chi connectivity index (χ4n) is 2.97. The van der Waals surface area contributed by atoms with Crippen molar-refractivity contribution in [2.45, 2.75) is 25.2 Å². The molecule has 1 fully saturated rings. The lowest BCUT2D eigenvalue weighted by molar-refractivity contribution is 0.0314. The van der Waals surface area contributed by atoms with Gasteiger partial charge in [-0.25, -0.2) is 0 Å². The second-order valence-corrected chi connectivity index (χ2v) is 6.28. The second kappa shape index (κ2) is 8.07. The van der Waals surface area contributed by atoms with Gasteiger partial charge in [0.05, 0.1) is 24.3 Å². The van der Waals surface area contributed by atoms with Gasteiger partial charge in [0.2, 0.25) is 0 Å². The maximum atomic E-state index is 12.6. The Kier molecular flexibility index (Phi) is 5.60. The molecule has 0 bridgehead atoms. The third kappa shape index (κ3) is 4.07. The minimum absolute atomic E-state index is 0.0742. The summed E-state index contributed by atoms with van der Waals surface area (Å²) in [5, 5.41) is 22.2. The van der Waals surface area contributed by atoms with Gasteiger partial charge in [0.1, 0.15) is 0 Å². The minimum Gasteiger partial charge on any atom is -0.392 e. The number of carbonyl (C=O) groups is 2. The van der Waals surface area contributed by atoms with Crippen molar-refractivity contribution in [3.8, 4) is 0 Å². The largest absolute Gasteiger partial charge is 0.392 e. The molecule has 2 amide bonds. The quantitative estimate of drug-likeness (QED) is 0.744. The SMILES string of the molecule is O=C(N[C@@H]1CCN(C(=O)c2ccc(CO)cc2)C[C@H]1O)c1cccnc1. The average Bonchev–Trinajstić information content (AvgIpc) is 2.69. The number of rotatable bonds is 4. The van der Waals surface area contributed by atoms with Gasteiger partial charge in [-0.3, -0.25) is 14.6 Å². The predicted molar refractivity (Wildman–Crippen MR) is 94.4 cm³/mol. The summed E-state index contributed by atoms with van der Waals surface area (Å²) in [6.45, 7) is 0.517. The molecule has 26 heavy (non-hydrogen) atoms. The number of nitrogens with zero attached hydrogens (tertiary/aromatic N) is 2. The molecular formula is C19H21N3O4. The molecule has 0 radical (unpaired) electrons. The molecule has 0 aliphatic carbocycles. The van der Waals surface area contributed by atoms with Gasteiger partial charge < -0.3 is 20.4 Å². The number of piperidine rings is 1. The Morgan fingerprint density at radius 3 is 2.58 bits per heavy atom. The van der Waals surface area contributed by atoms with E-state index >= 15 is 0 Å². The number of aliphatic hydroxyl groups excluding tert-OH is 2. The van der Waals surface area contributed by atoms with Crippen molar-refractivity contribution in [3.63, 3.8) is 0 Å². The van der Waals surface area contributed by atoms with Gasteiger partial charge in [0, 0.05) is 31.0 Å². The highest BCUT2D eigenvalue weighted by Crippen LogP contribution is 2.16. The number of carbonyl (C=O) groups excluding carboxylic acids is 2. The molecule has 2 atom stereocenters. The smallest absolute Gasteiger partial charge is 0.253 e. The molecule has 1 aliphatic heterocycles. The summed E-state index contributed by atoms with van der Waals surface area (Å²) in [6.07, 6.45) is 2.68. The van der Waals surface area contributed by atoms with Gasteiger partial charge in [-0.2, -0.15) is 0 Å². The standard InChI is InChI=1S/C19H21N3O4/c23-12-13-3-5-14(6-4-13)19(26)22-9-7-16(17(24)11-22)21-18(25)15-2-1-8-20-10-15/h1-6,8,10,16-17,23-24H,7,9,11-12H2,(H,21,25)/t16-,17-/m1/s1. The van der Waals surface area contributed by atoms with Crippen molar-refractivity contribution in [2.24, 2.45) is 0 Å². The number of aromatic nitrogens is 1. The first-order chi connectivity index (χ1) is 12.6. The molecule has 2 heterocycles. The van der Waals surface area contributed by atoms with Crippen molar-refractivity contribution in [2.75, 3.05) is 13.1 Å².